The third kappa shape index (κ3) is 4.96. The molecule has 7 rings (SSSR count). The number of carbonyl (C=O) groups excluding carboxylic acids is 1. The SMILES string of the molecule is CC.O=C1NCC2(CCCC2)n2c1cc1cnc(Nc3ccc(N4CCC(N5CCOCC5)CC4)cn3)nc12. The van der Waals surface area contributed by atoms with Gasteiger partial charge in [-0.3, -0.25) is 9.69 Å². The van der Waals surface area contributed by atoms with Gasteiger partial charge in [-0.15, -0.1) is 0 Å². The summed E-state index contributed by atoms with van der Waals surface area (Å²) in [5.41, 5.74) is 2.59. The maximum Gasteiger partial charge on any atom is 0.268 e. The molecule has 1 saturated carbocycles. The molecule has 0 bridgehead atoms. The van der Waals surface area contributed by atoms with E-state index in [9.17, 15) is 4.79 Å². The molecule has 0 atom stereocenters. The summed E-state index contributed by atoms with van der Waals surface area (Å²) in [6, 6.07) is 6.70. The first-order valence-corrected chi connectivity index (χ1v) is 14.7. The number of rotatable bonds is 4. The van der Waals surface area contributed by atoms with Crippen LogP contribution in [0, 0.1) is 0 Å². The van der Waals surface area contributed by atoms with Gasteiger partial charge in [-0.1, -0.05) is 26.7 Å². The maximum atomic E-state index is 12.6. The van der Waals surface area contributed by atoms with E-state index in [1.165, 1.54) is 25.7 Å². The second kappa shape index (κ2) is 11.1. The van der Waals surface area contributed by atoms with E-state index in [2.05, 4.69) is 41.0 Å². The van der Waals surface area contributed by atoms with Crippen LogP contribution in [0.5, 0.6) is 0 Å². The lowest BCUT2D eigenvalue weighted by Gasteiger charge is -2.40. The monoisotopic (exact) mass is 532 g/mol. The minimum Gasteiger partial charge on any atom is -0.379 e. The van der Waals surface area contributed by atoms with Crippen LogP contribution >= 0.6 is 0 Å². The summed E-state index contributed by atoms with van der Waals surface area (Å²) in [5.74, 6) is 1.18. The number of nitrogens with one attached hydrogen (secondary N) is 2. The molecule has 6 heterocycles. The summed E-state index contributed by atoms with van der Waals surface area (Å²) in [6.45, 7) is 10.6. The smallest absolute Gasteiger partial charge is 0.268 e. The maximum absolute atomic E-state index is 12.6. The lowest BCUT2D eigenvalue weighted by Crippen LogP contribution is -2.50. The molecule has 3 aromatic rings. The van der Waals surface area contributed by atoms with Crippen LogP contribution in [0.15, 0.2) is 30.6 Å². The Balaban J connectivity index is 0.00000135. The van der Waals surface area contributed by atoms with Crippen LogP contribution in [0.2, 0.25) is 0 Å². The lowest BCUT2D eigenvalue weighted by molar-refractivity contribution is 0.0115. The highest BCUT2D eigenvalue weighted by Gasteiger charge is 2.42. The van der Waals surface area contributed by atoms with Gasteiger partial charge < -0.3 is 24.8 Å². The quantitative estimate of drug-likeness (QED) is 0.522. The lowest BCUT2D eigenvalue weighted by atomic mass is 9.94. The van der Waals surface area contributed by atoms with E-state index >= 15 is 0 Å². The Hall–Kier alpha value is -3.24. The molecule has 0 radical (unpaired) electrons. The molecule has 10 heteroatoms. The summed E-state index contributed by atoms with van der Waals surface area (Å²) in [4.78, 5) is 31.7. The van der Waals surface area contributed by atoms with Crippen LogP contribution in [-0.2, 0) is 10.3 Å². The summed E-state index contributed by atoms with van der Waals surface area (Å²) in [7, 11) is 0. The highest BCUT2D eigenvalue weighted by Crippen LogP contribution is 2.41. The molecule has 39 heavy (non-hydrogen) atoms. The van der Waals surface area contributed by atoms with Crippen molar-refractivity contribution in [2.75, 3.05) is 56.2 Å². The van der Waals surface area contributed by atoms with Crippen LogP contribution in [0.25, 0.3) is 11.0 Å². The Morgan fingerprint density at radius 2 is 1.79 bits per heavy atom. The standard InChI is InChI=1S/C27H34N8O2.C2H6/c36-25-22-15-19-16-29-26(32-24(19)35(22)27(18-30-25)7-1-2-8-27)31-23-4-3-21(17-28-23)33-9-5-20(6-10-33)34-11-13-37-14-12-34;1-2/h3-4,15-17,20H,1-2,5-14,18H2,(H,30,36)(H,28,29,31,32);1-2H3. The van der Waals surface area contributed by atoms with Crippen LogP contribution < -0.4 is 15.5 Å². The van der Waals surface area contributed by atoms with Crippen LogP contribution in [0.1, 0.15) is 62.9 Å². The largest absolute Gasteiger partial charge is 0.379 e. The number of morpholine rings is 1. The molecule has 0 unspecified atom stereocenters. The summed E-state index contributed by atoms with van der Waals surface area (Å²) in [5, 5.41) is 7.27. The van der Waals surface area contributed by atoms with Gasteiger partial charge in [0.15, 0.2) is 0 Å². The Labute approximate surface area is 230 Å². The summed E-state index contributed by atoms with van der Waals surface area (Å²) >= 11 is 0. The van der Waals surface area contributed by atoms with Crippen LogP contribution in [0.4, 0.5) is 17.5 Å². The van der Waals surface area contributed by atoms with Crippen molar-refractivity contribution in [2.24, 2.45) is 0 Å². The fourth-order valence-electron chi connectivity index (χ4n) is 6.74. The topological polar surface area (TPSA) is 100 Å². The molecule has 3 fully saturated rings. The molecular weight excluding hydrogens is 492 g/mol. The van der Waals surface area contributed by atoms with Crippen molar-refractivity contribution in [1.29, 1.82) is 0 Å². The van der Waals surface area contributed by atoms with Gasteiger partial charge in [0.05, 0.1) is 30.6 Å². The van der Waals surface area contributed by atoms with E-state index in [0.29, 0.717) is 30.0 Å². The van der Waals surface area contributed by atoms with Gasteiger partial charge in [0, 0.05) is 50.3 Å². The fraction of sp³-hybridized carbons (Fsp3) is 0.586. The molecule has 3 aliphatic heterocycles. The number of ether oxygens (including phenoxy) is 1. The molecule has 2 saturated heterocycles. The number of amides is 1. The predicted molar refractivity (Wildman–Crippen MR) is 153 cm³/mol. The van der Waals surface area contributed by atoms with Crippen molar-refractivity contribution < 1.29 is 9.53 Å². The van der Waals surface area contributed by atoms with E-state index < -0.39 is 0 Å². The van der Waals surface area contributed by atoms with Gasteiger partial charge in [-0.25, -0.2) is 9.97 Å². The number of hydrogen-bond donors (Lipinski definition) is 2. The number of carbonyl (C=O) groups is 1. The van der Waals surface area contributed by atoms with Gasteiger partial charge in [-0.2, -0.15) is 4.98 Å². The van der Waals surface area contributed by atoms with Gasteiger partial charge in [0.25, 0.3) is 5.91 Å². The van der Waals surface area contributed by atoms with E-state index in [4.69, 9.17) is 9.72 Å². The van der Waals surface area contributed by atoms with Crippen molar-refractivity contribution in [3.8, 4) is 0 Å². The van der Waals surface area contributed by atoms with Crippen LogP contribution in [-0.4, -0.2) is 82.3 Å². The van der Waals surface area contributed by atoms with Gasteiger partial charge in [-0.05, 0) is 43.9 Å². The Kier molecular flexibility index (Phi) is 7.40. The van der Waals surface area contributed by atoms with Gasteiger partial charge in [0.1, 0.15) is 17.2 Å². The molecule has 1 spiro atoms. The van der Waals surface area contributed by atoms with E-state index in [0.717, 1.165) is 69.0 Å². The summed E-state index contributed by atoms with van der Waals surface area (Å²) < 4.78 is 7.69. The molecule has 4 aliphatic rings. The highest BCUT2D eigenvalue weighted by molar-refractivity contribution is 5.99. The van der Waals surface area contributed by atoms with Gasteiger partial charge in [0.2, 0.25) is 5.95 Å². The first-order chi connectivity index (χ1) is 19.2. The number of nitrogens with zero attached hydrogens (tertiary/aromatic N) is 6. The predicted octanol–water partition coefficient (Wildman–Crippen LogP) is 3.91. The molecular formula is C29H40N8O2. The number of pyridine rings is 1. The molecule has 3 aromatic heterocycles. The van der Waals surface area contributed by atoms with Gasteiger partial charge >= 0.3 is 0 Å². The molecule has 1 amide bonds. The summed E-state index contributed by atoms with van der Waals surface area (Å²) in [6.07, 6.45) is 10.6. The zero-order valence-electron chi connectivity index (χ0n) is 23.2. The fourth-order valence-corrected chi connectivity index (χ4v) is 6.74. The van der Waals surface area contributed by atoms with Crippen molar-refractivity contribution >= 4 is 34.4 Å². The normalized spacial score (nSPS) is 21.4. The van der Waals surface area contributed by atoms with Crippen LogP contribution in [0.3, 0.4) is 0 Å². The number of piperidine rings is 1. The second-order valence-corrected chi connectivity index (χ2v) is 10.8. The third-order valence-electron chi connectivity index (χ3n) is 8.74. The number of anilines is 3. The van der Waals surface area contributed by atoms with Crippen molar-refractivity contribution in [2.45, 2.75) is 64.0 Å². The minimum absolute atomic E-state index is 0.0312. The number of hydrogen-bond acceptors (Lipinski definition) is 8. The third-order valence-corrected chi connectivity index (χ3v) is 8.74. The first kappa shape index (κ1) is 26.0. The zero-order chi connectivity index (χ0) is 26.8. The van der Waals surface area contributed by atoms with Crippen molar-refractivity contribution in [3.05, 3.63) is 36.3 Å². The molecule has 208 valence electrons. The molecule has 10 nitrogen and oxygen atoms in total. The highest BCUT2D eigenvalue weighted by atomic mass is 16.5. The minimum atomic E-state index is -0.0776. The number of fused-ring (bicyclic) bond motifs is 4. The van der Waals surface area contributed by atoms with E-state index in [1.54, 1.807) is 6.20 Å². The average molecular weight is 533 g/mol. The molecule has 2 N–H and O–H groups in total. The molecule has 0 aromatic carbocycles. The second-order valence-electron chi connectivity index (χ2n) is 10.8. The van der Waals surface area contributed by atoms with E-state index in [1.807, 2.05) is 32.2 Å². The Morgan fingerprint density at radius 1 is 1.03 bits per heavy atom. The Morgan fingerprint density at radius 3 is 2.51 bits per heavy atom. The first-order valence-electron chi connectivity index (χ1n) is 14.7. The Bertz CT molecular complexity index is 1290. The van der Waals surface area contributed by atoms with Crippen molar-refractivity contribution in [3.63, 3.8) is 0 Å². The zero-order valence-corrected chi connectivity index (χ0v) is 23.2. The average Bonchev–Trinajstić information content (AvgIpc) is 3.63. The molecule has 1 aliphatic carbocycles. The van der Waals surface area contributed by atoms with Crippen molar-refractivity contribution in [1.82, 2.24) is 29.7 Å². The van der Waals surface area contributed by atoms with E-state index in [-0.39, 0.29) is 11.4 Å². The number of aromatic nitrogens is 4.